The Hall–Kier alpha value is -2.12. The van der Waals surface area contributed by atoms with Gasteiger partial charge < -0.3 is 21.4 Å². The van der Waals surface area contributed by atoms with Crippen molar-refractivity contribution >= 4 is 11.6 Å². The minimum Gasteiger partial charge on any atom is -0.368 e. The summed E-state index contributed by atoms with van der Waals surface area (Å²) in [6, 6.07) is 5.32. The van der Waals surface area contributed by atoms with Crippen LogP contribution in [-0.2, 0) is 6.18 Å². The van der Waals surface area contributed by atoms with Gasteiger partial charge >= 0.3 is 6.18 Å². The Morgan fingerprint density at radius 1 is 1.15 bits per heavy atom. The summed E-state index contributed by atoms with van der Waals surface area (Å²) >= 11 is 0. The zero-order valence-corrected chi connectivity index (χ0v) is 10.8. The lowest BCUT2D eigenvalue weighted by molar-refractivity contribution is -0.137. The van der Waals surface area contributed by atoms with E-state index in [-0.39, 0.29) is 5.96 Å². The summed E-state index contributed by atoms with van der Waals surface area (Å²) in [6.45, 7) is 2.28. The van der Waals surface area contributed by atoms with Gasteiger partial charge in [-0.3, -0.25) is 0 Å². The molecule has 0 spiro atoms. The number of guanidine groups is 1. The molecule has 0 radical (unpaired) electrons. The van der Waals surface area contributed by atoms with E-state index < -0.39 is 11.7 Å². The summed E-state index contributed by atoms with van der Waals surface area (Å²) in [5.41, 5.74) is 5.52. The second kappa shape index (κ2) is 5.48. The Morgan fingerprint density at radius 2 is 1.80 bits per heavy atom. The van der Waals surface area contributed by atoms with Crippen molar-refractivity contribution in [2.75, 3.05) is 31.1 Å². The number of benzene rings is 1. The molecule has 2 rings (SSSR count). The second-order valence-electron chi connectivity index (χ2n) is 4.51. The van der Waals surface area contributed by atoms with E-state index in [9.17, 15) is 13.2 Å². The van der Waals surface area contributed by atoms with Crippen molar-refractivity contribution in [1.82, 2.24) is 4.90 Å². The highest BCUT2D eigenvalue weighted by molar-refractivity contribution is 5.78. The Balaban J connectivity index is 2.08. The summed E-state index contributed by atoms with van der Waals surface area (Å²) in [4.78, 5) is 3.68. The van der Waals surface area contributed by atoms with Crippen molar-refractivity contribution < 1.29 is 13.2 Å². The molecule has 0 aromatic heterocycles. The lowest BCUT2D eigenvalue weighted by Crippen LogP contribution is -2.51. The van der Waals surface area contributed by atoms with Crippen LogP contribution in [0.1, 0.15) is 5.56 Å². The highest BCUT2D eigenvalue weighted by Crippen LogP contribution is 2.31. The van der Waals surface area contributed by atoms with Gasteiger partial charge in [0.15, 0.2) is 0 Å². The first kappa shape index (κ1) is 14.3. The molecule has 110 valence electrons. The second-order valence-corrected chi connectivity index (χ2v) is 4.51. The molecule has 8 heteroatoms. The van der Waals surface area contributed by atoms with Crippen molar-refractivity contribution in [2.45, 2.75) is 6.18 Å². The lowest BCUT2D eigenvalue weighted by atomic mass is 10.1. The van der Waals surface area contributed by atoms with E-state index in [0.29, 0.717) is 31.9 Å². The first-order valence-corrected chi connectivity index (χ1v) is 6.12. The van der Waals surface area contributed by atoms with Crippen LogP contribution in [0.5, 0.6) is 0 Å². The van der Waals surface area contributed by atoms with Crippen LogP contribution in [0.15, 0.2) is 29.4 Å². The standard InChI is InChI=1S/C12H16F3N5/c13-12(14,15)9-2-1-3-10(8-9)19-4-6-20(7-5-19)11(16)18-17/h1-3,8H,4-7,17H2,(H2,16,18). The Bertz CT molecular complexity index is 492. The van der Waals surface area contributed by atoms with E-state index >= 15 is 0 Å². The summed E-state index contributed by atoms with van der Waals surface area (Å²) in [5.74, 6) is 5.34. The van der Waals surface area contributed by atoms with Gasteiger partial charge in [-0.2, -0.15) is 13.2 Å². The monoisotopic (exact) mass is 287 g/mol. The normalized spacial score (nSPS) is 17.4. The Morgan fingerprint density at radius 3 is 2.35 bits per heavy atom. The number of hydrogen-bond donors (Lipinski definition) is 2. The van der Waals surface area contributed by atoms with Crippen molar-refractivity contribution in [1.29, 1.82) is 0 Å². The minimum absolute atomic E-state index is 0.244. The lowest BCUT2D eigenvalue weighted by Gasteiger charge is -2.36. The molecular weight excluding hydrogens is 271 g/mol. The maximum absolute atomic E-state index is 12.7. The number of rotatable bonds is 1. The fourth-order valence-electron chi connectivity index (χ4n) is 2.15. The number of alkyl halides is 3. The van der Waals surface area contributed by atoms with Crippen molar-refractivity contribution in [3.05, 3.63) is 29.8 Å². The average Bonchev–Trinajstić information content (AvgIpc) is 2.46. The molecule has 0 amide bonds. The molecule has 1 aliphatic rings. The van der Waals surface area contributed by atoms with E-state index in [1.54, 1.807) is 11.0 Å². The molecule has 0 atom stereocenters. The van der Waals surface area contributed by atoms with E-state index in [4.69, 9.17) is 11.6 Å². The molecule has 1 saturated heterocycles. The van der Waals surface area contributed by atoms with E-state index in [0.717, 1.165) is 12.1 Å². The van der Waals surface area contributed by atoms with E-state index in [1.165, 1.54) is 6.07 Å². The average molecular weight is 287 g/mol. The fraction of sp³-hybridized carbons (Fsp3) is 0.417. The summed E-state index contributed by atoms with van der Waals surface area (Å²) in [7, 11) is 0. The molecule has 1 heterocycles. The molecule has 1 aliphatic heterocycles. The SMILES string of the molecule is NN=C(N)N1CCN(c2cccc(C(F)(F)F)c2)CC1. The highest BCUT2D eigenvalue weighted by atomic mass is 19.4. The van der Waals surface area contributed by atoms with Crippen LogP contribution in [0.3, 0.4) is 0 Å². The molecule has 20 heavy (non-hydrogen) atoms. The van der Waals surface area contributed by atoms with Crippen LogP contribution >= 0.6 is 0 Å². The topological polar surface area (TPSA) is 70.9 Å². The van der Waals surface area contributed by atoms with Crippen molar-refractivity contribution in [3.63, 3.8) is 0 Å². The molecule has 0 saturated carbocycles. The zero-order valence-electron chi connectivity index (χ0n) is 10.8. The number of hydrazone groups is 1. The van der Waals surface area contributed by atoms with E-state index in [2.05, 4.69) is 5.10 Å². The van der Waals surface area contributed by atoms with Gasteiger partial charge in [0.2, 0.25) is 5.96 Å². The van der Waals surface area contributed by atoms with Gasteiger partial charge in [-0.25, -0.2) is 0 Å². The first-order valence-electron chi connectivity index (χ1n) is 6.12. The third-order valence-corrected chi connectivity index (χ3v) is 3.27. The van der Waals surface area contributed by atoms with Gasteiger partial charge in [-0.15, -0.1) is 5.10 Å². The van der Waals surface area contributed by atoms with Crippen molar-refractivity contribution in [3.8, 4) is 0 Å². The molecule has 1 aromatic carbocycles. The van der Waals surface area contributed by atoms with Crippen LogP contribution in [0, 0.1) is 0 Å². The molecule has 1 aromatic rings. The third kappa shape index (κ3) is 3.06. The number of anilines is 1. The molecular formula is C12H16F3N5. The van der Waals surface area contributed by atoms with Gasteiger partial charge in [0.1, 0.15) is 0 Å². The Labute approximate surface area is 114 Å². The van der Waals surface area contributed by atoms with Gasteiger partial charge in [-0.1, -0.05) is 6.07 Å². The predicted octanol–water partition coefficient (Wildman–Crippen LogP) is 1.02. The molecule has 4 N–H and O–H groups in total. The number of halogens is 3. The molecule has 0 aliphatic carbocycles. The molecule has 0 unspecified atom stereocenters. The maximum Gasteiger partial charge on any atom is 0.416 e. The van der Waals surface area contributed by atoms with Crippen LogP contribution in [0.4, 0.5) is 18.9 Å². The largest absolute Gasteiger partial charge is 0.416 e. The van der Waals surface area contributed by atoms with Gasteiger partial charge in [-0.05, 0) is 18.2 Å². The molecule has 1 fully saturated rings. The summed E-state index contributed by atoms with van der Waals surface area (Å²) in [5, 5.41) is 3.41. The van der Waals surface area contributed by atoms with Gasteiger partial charge in [0.25, 0.3) is 0 Å². The summed E-state index contributed by atoms with van der Waals surface area (Å²) in [6.07, 6.45) is -4.32. The van der Waals surface area contributed by atoms with E-state index in [1.807, 2.05) is 4.90 Å². The van der Waals surface area contributed by atoms with Crippen LogP contribution < -0.4 is 16.5 Å². The number of hydrogen-bond acceptors (Lipinski definition) is 3. The molecule has 0 bridgehead atoms. The van der Waals surface area contributed by atoms with Crippen LogP contribution in [0.25, 0.3) is 0 Å². The molecule has 5 nitrogen and oxygen atoms in total. The van der Waals surface area contributed by atoms with Crippen LogP contribution in [0.2, 0.25) is 0 Å². The maximum atomic E-state index is 12.7. The highest BCUT2D eigenvalue weighted by Gasteiger charge is 2.31. The predicted molar refractivity (Wildman–Crippen MR) is 71.0 cm³/mol. The Kier molecular flexibility index (Phi) is 3.91. The fourth-order valence-corrected chi connectivity index (χ4v) is 2.15. The third-order valence-electron chi connectivity index (χ3n) is 3.27. The van der Waals surface area contributed by atoms with Crippen LogP contribution in [-0.4, -0.2) is 37.0 Å². The number of nitrogens with two attached hydrogens (primary N) is 2. The first-order chi connectivity index (χ1) is 9.41. The minimum atomic E-state index is -4.32. The summed E-state index contributed by atoms with van der Waals surface area (Å²) < 4.78 is 38.0. The number of piperazine rings is 1. The zero-order chi connectivity index (χ0) is 14.8. The van der Waals surface area contributed by atoms with Gasteiger partial charge in [0.05, 0.1) is 5.56 Å². The van der Waals surface area contributed by atoms with Gasteiger partial charge in [0, 0.05) is 31.9 Å². The number of nitrogens with zero attached hydrogens (tertiary/aromatic N) is 3. The van der Waals surface area contributed by atoms with Crippen molar-refractivity contribution in [2.24, 2.45) is 16.7 Å². The smallest absolute Gasteiger partial charge is 0.368 e. The quantitative estimate of drug-likeness (QED) is 0.350.